The van der Waals surface area contributed by atoms with E-state index in [-0.39, 0.29) is 12.4 Å². The van der Waals surface area contributed by atoms with E-state index >= 15 is 0 Å². The SMILES string of the molecule is C1COC2CCCNC2C1.Cl. The highest BCUT2D eigenvalue weighted by Crippen LogP contribution is 2.20. The third-order valence-electron chi connectivity index (χ3n) is 2.51. The molecule has 0 aromatic carbocycles. The van der Waals surface area contributed by atoms with Gasteiger partial charge in [-0.25, -0.2) is 0 Å². The van der Waals surface area contributed by atoms with Crippen molar-refractivity contribution in [3.63, 3.8) is 0 Å². The molecule has 0 saturated carbocycles. The Morgan fingerprint density at radius 1 is 1.18 bits per heavy atom. The van der Waals surface area contributed by atoms with Crippen molar-refractivity contribution in [2.24, 2.45) is 0 Å². The van der Waals surface area contributed by atoms with Crippen molar-refractivity contribution in [1.82, 2.24) is 5.32 Å². The van der Waals surface area contributed by atoms with Crippen LogP contribution in [-0.2, 0) is 4.74 Å². The lowest BCUT2D eigenvalue weighted by atomic mass is 9.95. The molecule has 0 bridgehead atoms. The standard InChI is InChI=1S/C8H15NO.ClH/c1-4-8-7(9-5-1)3-2-6-10-8;/h7-9H,1-6H2;1H. The summed E-state index contributed by atoms with van der Waals surface area (Å²) in [5.41, 5.74) is 0. The smallest absolute Gasteiger partial charge is 0.0728 e. The van der Waals surface area contributed by atoms with Gasteiger partial charge in [0.1, 0.15) is 0 Å². The average molecular weight is 178 g/mol. The van der Waals surface area contributed by atoms with E-state index in [4.69, 9.17) is 4.74 Å². The first-order valence-corrected chi connectivity index (χ1v) is 4.32. The first-order valence-electron chi connectivity index (χ1n) is 4.32. The highest BCUT2D eigenvalue weighted by atomic mass is 35.5. The molecule has 3 heteroatoms. The van der Waals surface area contributed by atoms with Crippen molar-refractivity contribution in [2.45, 2.75) is 37.8 Å². The van der Waals surface area contributed by atoms with Crippen molar-refractivity contribution in [3.8, 4) is 0 Å². The Morgan fingerprint density at radius 2 is 2.09 bits per heavy atom. The highest BCUT2D eigenvalue weighted by Gasteiger charge is 2.27. The van der Waals surface area contributed by atoms with Crippen LogP contribution in [0, 0.1) is 0 Å². The van der Waals surface area contributed by atoms with Gasteiger partial charge >= 0.3 is 0 Å². The van der Waals surface area contributed by atoms with E-state index in [1.165, 1.54) is 32.2 Å². The summed E-state index contributed by atoms with van der Waals surface area (Å²) in [6.45, 7) is 2.19. The minimum absolute atomic E-state index is 0. The molecular weight excluding hydrogens is 162 g/mol. The number of nitrogens with one attached hydrogen (secondary N) is 1. The summed E-state index contributed by atoms with van der Waals surface area (Å²) in [7, 11) is 0. The van der Waals surface area contributed by atoms with Crippen LogP contribution < -0.4 is 5.32 Å². The summed E-state index contributed by atoms with van der Waals surface area (Å²) in [5, 5.41) is 3.50. The molecule has 11 heavy (non-hydrogen) atoms. The number of piperidine rings is 1. The highest BCUT2D eigenvalue weighted by molar-refractivity contribution is 5.85. The topological polar surface area (TPSA) is 21.3 Å². The lowest BCUT2D eigenvalue weighted by Crippen LogP contribution is -2.48. The summed E-state index contributed by atoms with van der Waals surface area (Å²) in [6.07, 6.45) is 5.68. The Kier molecular flexibility index (Phi) is 3.63. The van der Waals surface area contributed by atoms with Crippen LogP contribution in [0.25, 0.3) is 0 Å². The maximum absolute atomic E-state index is 5.62. The number of ether oxygens (including phenoxy) is 1. The van der Waals surface area contributed by atoms with Crippen LogP contribution >= 0.6 is 12.4 Å². The Labute approximate surface area is 74.1 Å². The van der Waals surface area contributed by atoms with Crippen molar-refractivity contribution in [2.75, 3.05) is 13.2 Å². The number of rotatable bonds is 0. The van der Waals surface area contributed by atoms with Crippen LogP contribution in [0.1, 0.15) is 25.7 Å². The quantitative estimate of drug-likeness (QED) is 0.603. The molecule has 0 aliphatic carbocycles. The van der Waals surface area contributed by atoms with E-state index < -0.39 is 0 Å². The Morgan fingerprint density at radius 3 is 2.91 bits per heavy atom. The summed E-state index contributed by atoms with van der Waals surface area (Å²) in [5.74, 6) is 0. The van der Waals surface area contributed by atoms with Gasteiger partial charge in [-0.1, -0.05) is 0 Å². The van der Waals surface area contributed by atoms with Gasteiger partial charge in [-0.3, -0.25) is 0 Å². The van der Waals surface area contributed by atoms with Crippen LogP contribution in [0.5, 0.6) is 0 Å². The molecule has 0 aromatic rings. The van der Waals surface area contributed by atoms with Gasteiger partial charge in [0.25, 0.3) is 0 Å². The number of halogens is 1. The molecule has 2 nitrogen and oxygen atoms in total. The van der Waals surface area contributed by atoms with Gasteiger partial charge in [-0.05, 0) is 32.2 Å². The van der Waals surface area contributed by atoms with Gasteiger partial charge < -0.3 is 10.1 Å². The molecule has 2 fully saturated rings. The van der Waals surface area contributed by atoms with Gasteiger partial charge in [-0.2, -0.15) is 0 Å². The Balaban J connectivity index is 0.000000605. The van der Waals surface area contributed by atoms with Crippen molar-refractivity contribution in [3.05, 3.63) is 0 Å². The molecule has 0 radical (unpaired) electrons. The first kappa shape index (κ1) is 9.30. The lowest BCUT2D eigenvalue weighted by molar-refractivity contribution is -0.0254. The fourth-order valence-corrected chi connectivity index (χ4v) is 1.95. The minimum Gasteiger partial charge on any atom is -0.377 e. The Hall–Kier alpha value is 0.210. The second-order valence-corrected chi connectivity index (χ2v) is 3.25. The van der Waals surface area contributed by atoms with Gasteiger partial charge in [0.2, 0.25) is 0 Å². The zero-order valence-corrected chi connectivity index (χ0v) is 7.53. The van der Waals surface area contributed by atoms with Gasteiger partial charge in [0.15, 0.2) is 0 Å². The molecule has 2 aliphatic heterocycles. The third kappa shape index (κ3) is 2.08. The van der Waals surface area contributed by atoms with Gasteiger partial charge in [0, 0.05) is 12.6 Å². The first-order chi connectivity index (χ1) is 4.97. The monoisotopic (exact) mass is 177 g/mol. The molecular formula is C8H16ClNO. The third-order valence-corrected chi connectivity index (χ3v) is 2.51. The molecule has 2 saturated heterocycles. The van der Waals surface area contributed by atoms with Crippen LogP contribution in [0.3, 0.4) is 0 Å². The summed E-state index contributed by atoms with van der Waals surface area (Å²) in [6, 6.07) is 0.683. The molecule has 2 unspecified atom stereocenters. The van der Waals surface area contributed by atoms with Crippen LogP contribution in [0.15, 0.2) is 0 Å². The minimum atomic E-state index is 0. The largest absolute Gasteiger partial charge is 0.377 e. The average Bonchev–Trinajstić information content (AvgIpc) is 2.05. The summed E-state index contributed by atoms with van der Waals surface area (Å²) < 4.78 is 5.62. The fraction of sp³-hybridized carbons (Fsp3) is 1.00. The predicted octanol–water partition coefficient (Wildman–Crippen LogP) is 1.34. The summed E-state index contributed by atoms with van der Waals surface area (Å²) >= 11 is 0. The summed E-state index contributed by atoms with van der Waals surface area (Å²) in [4.78, 5) is 0. The molecule has 2 atom stereocenters. The number of hydrogen-bond acceptors (Lipinski definition) is 2. The van der Waals surface area contributed by atoms with Gasteiger partial charge in [-0.15, -0.1) is 12.4 Å². The molecule has 2 aliphatic rings. The van der Waals surface area contributed by atoms with E-state index in [1.807, 2.05) is 0 Å². The molecule has 66 valence electrons. The number of fused-ring (bicyclic) bond motifs is 1. The Bertz CT molecular complexity index is 94.7. The molecule has 1 N–H and O–H groups in total. The second-order valence-electron chi connectivity index (χ2n) is 3.25. The normalized spacial score (nSPS) is 37.1. The molecule has 0 spiro atoms. The zero-order valence-electron chi connectivity index (χ0n) is 6.71. The zero-order chi connectivity index (χ0) is 6.81. The van der Waals surface area contributed by atoms with Crippen LogP contribution in [0.2, 0.25) is 0 Å². The maximum atomic E-state index is 5.62. The van der Waals surface area contributed by atoms with Crippen molar-refractivity contribution >= 4 is 12.4 Å². The van der Waals surface area contributed by atoms with E-state index in [9.17, 15) is 0 Å². The van der Waals surface area contributed by atoms with Crippen molar-refractivity contribution < 1.29 is 4.74 Å². The molecule has 2 rings (SSSR count). The van der Waals surface area contributed by atoms with Crippen LogP contribution in [0.4, 0.5) is 0 Å². The maximum Gasteiger partial charge on any atom is 0.0728 e. The van der Waals surface area contributed by atoms with E-state index in [0.29, 0.717) is 12.1 Å². The van der Waals surface area contributed by atoms with Crippen LogP contribution in [-0.4, -0.2) is 25.3 Å². The predicted molar refractivity (Wildman–Crippen MR) is 47.2 cm³/mol. The van der Waals surface area contributed by atoms with Gasteiger partial charge in [0.05, 0.1) is 6.10 Å². The molecule has 0 amide bonds. The second kappa shape index (κ2) is 4.29. The lowest BCUT2D eigenvalue weighted by Gasteiger charge is -2.36. The number of hydrogen-bond donors (Lipinski definition) is 1. The van der Waals surface area contributed by atoms with E-state index in [0.717, 1.165) is 6.61 Å². The van der Waals surface area contributed by atoms with E-state index in [1.54, 1.807) is 0 Å². The van der Waals surface area contributed by atoms with Crippen molar-refractivity contribution in [1.29, 1.82) is 0 Å². The fourth-order valence-electron chi connectivity index (χ4n) is 1.95. The molecule has 0 aromatic heterocycles. The molecule has 2 heterocycles. The van der Waals surface area contributed by atoms with E-state index in [2.05, 4.69) is 5.32 Å².